The lowest BCUT2D eigenvalue weighted by atomic mass is 10.1. The van der Waals surface area contributed by atoms with Crippen LogP contribution < -0.4 is 19.5 Å². The van der Waals surface area contributed by atoms with E-state index in [1.54, 1.807) is 44.4 Å². The van der Waals surface area contributed by atoms with Crippen LogP contribution in [-0.2, 0) is 4.79 Å². The lowest BCUT2D eigenvalue weighted by Gasteiger charge is -2.17. The van der Waals surface area contributed by atoms with Gasteiger partial charge in [-0.15, -0.1) is 0 Å². The van der Waals surface area contributed by atoms with Crippen molar-refractivity contribution in [2.45, 2.75) is 13.8 Å². The van der Waals surface area contributed by atoms with Gasteiger partial charge in [-0.3, -0.25) is 9.69 Å². The molecule has 0 spiro atoms. The van der Waals surface area contributed by atoms with E-state index in [0.29, 0.717) is 33.1 Å². The lowest BCUT2D eigenvalue weighted by molar-refractivity contribution is -0.121. The quantitative estimate of drug-likeness (QED) is 0.495. The highest BCUT2D eigenvalue weighted by Crippen LogP contribution is 2.40. The molecule has 1 heterocycles. The largest absolute Gasteiger partial charge is 0.493 e. The topological polar surface area (TPSA) is 60.0 Å². The Morgan fingerprint density at radius 3 is 2.27 bits per heavy atom. The fraction of sp³-hybridized carbons (Fsp3) is 0.273. The van der Waals surface area contributed by atoms with Crippen LogP contribution in [0.1, 0.15) is 16.7 Å². The number of nitrogens with one attached hydrogen (secondary N) is 1. The van der Waals surface area contributed by atoms with Crippen molar-refractivity contribution in [3.63, 3.8) is 0 Å². The highest BCUT2D eigenvalue weighted by molar-refractivity contribution is 8.26. The Balaban J connectivity index is 1.80. The number of hydrogen-bond acceptors (Lipinski definition) is 7. The van der Waals surface area contributed by atoms with E-state index in [1.807, 2.05) is 12.1 Å². The summed E-state index contributed by atoms with van der Waals surface area (Å²) in [5, 5.41) is 3.27. The minimum atomic E-state index is -0.143. The molecule has 0 bridgehead atoms. The van der Waals surface area contributed by atoms with Gasteiger partial charge in [0.25, 0.3) is 5.91 Å². The smallest absolute Gasteiger partial charge is 0.267 e. The molecule has 1 aliphatic rings. The maximum Gasteiger partial charge on any atom is 0.267 e. The summed E-state index contributed by atoms with van der Waals surface area (Å²) < 4.78 is 16.6. The molecule has 30 heavy (non-hydrogen) atoms. The highest BCUT2D eigenvalue weighted by Gasteiger charge is 2.32. The summed E-state index contributed by atoms with van der Waals surface area (Å²) in [5.74, 6) is 1.40. The number of carbonyl (C=O) groups is 1. The van der Waals surface area contributed by atoms with E-state index in [4.69, 9.17) is 26.4 Å². The van der Waals surface area contributed by atoms with Crippen LogP contribution in [0.25, 0.3) is 6.08 Å². The first kappa shape index (κ1) is 22.0. The summed E-state index contributed by atoms with van der Waals surface area (Å²) in [7, 11) is 4.66. The summed E-state index contributed by atoms with van der Waals surface area (Å²) in [6.07, 6.45) is 1.78. The predicted octanol–water partition coefficient (Wildman–Crippen LogP) is 4.60. The van der Waals surface area contributed by atoms with E-state index >= 15 is 0 Å². The molecule has 0 atom stereocenters. The van der Waals surface area contributed by atoms with Gasteiger partial charge in [0, 0.05) is 5.69 Å². The van der Waals surface area contributed by atoms with Gasteiger partial charge >= 0.3 is 0 Å². The number of carbonyl (C=O) groups excluding carboxylic acids is 1. The maximum absolute atomic E-state index is 12.9. The van der Waals surface area contributed by atoms with Crippen LogP contribution in [0, 0.1) is 13.8 Å². The van der Waals surface area contributed by atoms with Gasteiger partial charge in [-0.1, -0.05) is 30.0 Å². The molecule has 8 heteroatoms. The van der Waals surface area contributed by atoms with E-state index in [1.165, 1.54) is 22.9 Å². The monoisotopic (exact) mass is 444 g/mol. The second kappa shape index (κ2) is 9.40. The molecule has 0 saturated carbocycles. The van der Waals surface area contributed by atoms with Crippen molar-refractivity contribution in [1.29, 1.82) is 0 Å². The van der Waals surface area contributed by atoms with Crippen molar-refractivity contribution >= 4 is 46.0 Å². The molecule has 2 aromatic rings. The molecular weight excluding hydrogens is 420 g/mol. The number of methoxy groups -OCH3 is 3. The van der Waals surface area contributed by atoms with Gasteiger partial charge in [-0.2, -0.15) is 0 Å². The first-order valence-corrected chi connectivity index (χ1v) is 10.5. The van der Waals surface area contributed by atoms with Crippen LogP contribution in [-0.4, -0.2) is 43.1 Å². The second-order valence-electron chi connectivity index (χ2n) is 6.70. The normalized spacial score (nSPS) is 15.0. The minimum absolute atomic E-state index is 0.143. The van der Waals surface area contributed by atoms with E-state index in [0.717, 1.165) is 11.3 Å². The Kier molecular flexibility index (Phi) is 6.89. The number of ether oxygens (including phenoxy) is 3. The van der Waals surface area contributed by atoms with Crippen LogP contribution >= 0.6 is 24.0 Å². The predicted molar refractivity (Wildman–Crippen MR) is 126 cm³/mol. The van der Waals surface area contributed by atoms with Crippen molar-refractivity contribution in [1.82, 2.24) is 4.90 Å². The summed E-state index contributed by atoms with van der Waals surface area (Å²) in [5.41, 5.74) is 4.11. The highest BCUT2D eigenvalue weighted by atomic mass is 32.2. The SMILES string of the molecule is COc1cc(C=C2SC(=S)N(CNc3ccc(C)c(C)c3)C2=O)cc(OC)c1OC. The Morgan fingerprint density at radius 2 is 1.70 bits per heavy atom. The molecule has 1 aliphatic heterocycles. The second-order valence-corrected chi connectivity index (χ2v) is 8.38. The van der Waals surface area contributed by atoms with Crippen LogP contribution in [0.4, 0.5) is 5.69 Å². The van der Waals surface area contributed by atoms with Crippen LogP contribution in [0.2, 0.25) is 0 Å². The third-order valence-electron chi connectivity index (χ3n) is 4.81. The van der Waals surface area contributed by atoms with Gasteiger partial charge in [-0.05, 0) is 60.9 Å². The van der Waals surface area contributed by atoms with Gasteiger partial charge in [0.2, 0.25) is 5.75 Å². The first-order chi connectivity index (χ1) is 14.4. The zero-order valence-corrected chi connectivity index (χ0v) is 19.2. The van der Waals surface area contributed by atoms with Gasteiger partial charge in [0.05, 0.1) is 32.9 Å². The maximum atomic E-state index is 12.9. The number of thiocarbonyl (C=S) groups is 1. The van der Waals surface area contributed by atoms with Gasteiger partial charge in [0.15, 0.2) is 11.5 Å². The zero-order chi connectivity index (χ0) is 21.8. The van der Waals surface area contributed by atoms with E-state index in [9.17, 15) is 4.79 Å². The molecule has 1 amide bonds. The van der Waals surface area contributed by atoms with Crippen molar-refractivity contribution in [2.24, 2.45) is 0 Å². The summed E-state index contributed by atoms with van der Waals surface area (Å²) in [6.45, 7) is 4.43. The molecule has 0 radical (unpaired) electrons. The number of benzene rings is 2. The first-order valence-electron chi connectivity index (χ1n) is 9.24. The van der Waals surface area contributed by atoms with E-state index in [-0.39, 0.29) is 5.91 Å². The summed E-state index contributed by atoms with van der Waals surface area (Å²) in [4.78, 5) is 15.0. The van der Waals surface area contributed by atoms with Gasteiger partial charge < -0.3 is 19.5 Å². The number of amides is 1. The van der Waals surface area contributed by atoms with Crippen molar-refractivity contribution in [2.75, 3.05) is 33.3 Å². The molecular formula is C22H24N2O4S2. The molecule has 0 aromatic heterocycles. The zero-order valence-electron chi connectivity index (χ0n) is 17.6. The molecule has 0 aliphatic carbocycles. The molecule has 1 saturated heterocycles. The Hall–Kier alpha value is -2.71. The van der Waals surface area contributed by atoms with Gasteiger partial charge in [-0.25, -0.2) is 0 Å². The molecule has 2 aromatic carbocycles. The molecule has 158 valence electrons. The molecule has 6 nitrogen and oxygen atoms in total. The number of rotatable bonds is 7. The Morgan fingerprint density at radius 1 is 1.03 bits per heavy atom. The summed E-state index contributed by atoms with van der Waals surface area (Å²) in [6, 6.07) is 9.68. The average molecular weight is 445 g/mol. The average Bonchev–Trinajstić information content (AvgIpc) is 3.00. The minimum Gasteiger partial charge on any atom is -0.493 e. The lowest BCUT2D eigenvalue weighted by Crippen LogP contribution is -2.33. The van der Waals surface area contributed by atoms with Gasteiger partial charge in [0.1, 0.15) is 4.32 Å². The Bertz CT molecular complexity index is 995. The molecule has 0 unspecified atom stereocenters. The van der Waals surface area contributed by atoms with Crippen molar-refractivity contribution in [3.05, 3.63) is 51.9 Å². The van der Waals surface area contributed by atoms with Crippen LogP contribution in [0.15, 0.2) is 35.2 Å². The van der Waals surface area contributed by atoms with E-state index < -0.39 is 0 Å². The third-order valence-corrected chi connectivity index (χ3v) is 6.18. The van der Waals surface area contributed by atoms with Crippen molar-refractivity contribution < 1.29 is 19.0 Å². The standard InChI is InChI=1S/C22H24N2O4S2/c1-13-6-7-16(8-14(13)2)23-12-24-21(25)19(30-22(24)29)11-15-9-17(26-3)20(28-5)18(10-15)27-4/h6-11,23H,12H2,1-5H3. The number of hydrogen-bond donors (Lipinski definition) is 1. The fourth-order valence-corrected chi connectivity index (χ4v) is 4.25. The number of nitrogens with zero attached hydrogens (tertiary/aromatic N) is 1. The number of anilines is 1. The third kappa shape index (κ3) is 4.55. The molecule has 1 fully saturated rings. The molecule has 3 rings (SSSR count). The summed E-state index contributed by atoms with van der Waals surface area (Å²) >= 11 is 6.70. The van der Waals surface area contributed by atoms with E-state index in [2.05, 4.69) is 25.2 Å². The fourth-order valence-electron chi connectivity index (χ4n) is 2.99. The van der Waals surface area contributed by atoms with Crippen LogP contribution in [0.3, 0.4) is 0 Å². The van der Waals surface area contributed by atoms with Crippen LogP contribution in [0.5, 0.6) is 17.2 Å². The van der Waals surface area contributed by atoms with Crippen molar-refractivity contribution in [3.8, 4) is 17.2 Å². The number of aryl methyl sites for hydroxylation is 2. The molecule has 1 N–H and O–H groups in total. The Labute approximate surface area is 186 Å². The number of thioether (sulfide) groups is 1.